The van der Waals surface area contributed by atoms with Gasteiger partial charge in [0.05, 0.1) is 69.6 Å². The van der Waals surface area contributed by atoms with Gasteiger partial charge in [-0.15, -0.1) is 0 Å². The monoisotopic (exact) mass is 1350 g/mol. The summed E-state index contributed by atoms with van der Waals surface area (Å²) in [6.45, 7) is 11.3. The van der Waals surface area contributed by atoms with Gasteiger partial charge in [0.15, 0.2) is 11.8 Å². The molecule has 0 bridgehead atoms. The Morgan fingerprint density at radius 2 is 1.04 bits per heavy atom. The van der Waals surface area contributed by atoms with Crippen LogP contribution in [0.1, 0.15) is 42.0 Å². The molecule has 4 aromatic carbocycles. The molecular formula is C49H47ClN14O4S13. The number of benzene rings is 4. The summed E-state index contributed by atoms with van der Waals surface area (Å²) in [5.41, 5.74) is 23.9. The first kappa shape index (κ1) is 61.4. The molecule has 0 radical (unpaired) electrons. The molecule has 0 saturated heterocycles. The zero-order valence-corrected chi connectivity index (χ0v) is 54.3. The summed E-state index contributed by atoms with van der Waals surface area (Å²) in [6.07, 6.45) is 0. The smallest absolute Gasteiger partial charge is 0.207 e. The van der Waals surface area contributed by atoms with Gasteiger partial charge in [-0.3, -0.25) is 4.57 Å². The predicted octanol–water partition coefficient (Wildman–Crippen LogP) is 10.7. The summed E-state index contributed by atoms with van der Waals surface area (Å²) >= 11 is 15.7. The Labute approximate surface area is 509 Å². The third-order valence-corrected chi connectivity index (χ3v) is 34.3. The molecule has 0 fully saturated rings. The average molecular weight is 1350 g/mol. The minimum Gasteiger partial charge on any atom is -0.496 e. The molecule has 8 aromatic heterocycles. The highest BCUT2D eigenvalue weighted by Crippen LogP contribution is 2.42. The normalized spacial score (nSPS) is 10.6. The van der Waals surface area contributed by atoms with Crippen molar-refractivity contribution in [3.05, 3.63) is 113 Å². The van der Waals surface area contributed by atoms with Gasteiger partial charge >= 0.3 is 0 Å². The number of nitrogen functional groups attached to an aromatic ring is 2. The molecule has 0 spiro atoms. The molecule has 18 nitrogen and oxygen atoms in total. The van der Waals surface area contributed by atoms with Crippen LogP contribution in [0.15, 0.2) is 81.8 Å². The second-order valence-electron chi connectivity index (χ2n) is 16.6. The fraction of sp³-hybridized carbons (Fsp3) is 0.184. The van der Waals surface area contributed by atoms with Gasteiger partial charge in [-0.25, -0.2) is 29.9 Å². The minimum atomic E-state index is 0. The maximum Gasteiger partial charge on any atom is 0.207 e. The minimum absolute atomic E-state index is 0. The first-order valence-corrected chi connectivity index (χ1v) is 39.4. The van der Waals surface area contributed by atoms with Crippen LogP contribution in [0.5, 0.6) is 11.5 Å². The van der Waals surface area contributed by atoms with Crippen molar-refractivity contribution >= 4 is 209 Å². The topological polar surface area (TPSA) is 252 Å². The summed E-state index contributed by atoms with van der Waals surface area (Å²) in [7, 11) is 21.4. The number of ether oxygens (including phenoxy) is 2. The molecule has 422 valence electrons. The van der Waals surface area contributed by atoms with Crippen LogP contribution in [0.4, 0.5) is 11.9 Å². The van der Waals surface area contributed by atoms with Crippen LogP contribution in [0.3, 0.4) is 0 Å². The number of hydrogen-bond acceptors (Lipinski definition) is 16. The lowest BCUT2D eigenvalue weighted by atomic mass is 10.0. The van der Waals surface area contributed by atoms with Crippen LogP contribution in [0.2, 0.25) is 5.15 Å². The third kappa shape index (κ3) is 13.7. The van der Waals surface area contributed by atoms with Crippen molar-refractivity contribution in [3.63, 3.8) is 0 Å². The van der Waals surface area contributed by atoms with Gasteiger partial charge in [-0.2, -0.15) is 0 Å². The zero-order valence-electron chi connectivity index (χ0n) is 42.9. The number of H-pyrrole nitrogens is 3. The van der Waals surface area contributed by atoms with Crippen molar-refractivity contribution in [2.45, 2.75) is 49.0 Å². The Balaban J connectivity index is 0.000000156. The Morgan fingerprint density at radius 3 is 1.54 bits per heavy atom. The second-order valence-corrected chi connectivity index (χ2v) is 36.4. The molecule has 0 aliphatic rings. The number of nitrogens with one attached hydrogen (secondary N) is 3. The van der Waals surface area contributed by atoms with E-state index in [2.05, 4.69) is 50.2 Å². The van der Waals surface area contributed by atoms with E-state index in [4.69, 9.17) is 68.9 Å². The molecule has 0 saturated carbocycles. The molecule has 8 heterocycles. The van der Waals surface area contributed by atoms with Crippen molar-refractivity contribution < 1.29 is 18.5 Å². The van der Waals surface area contributed by atoms with Crippen LogP contribution < -0.4 is 20.9 Å². The molecule has 0 unspecified atom stereocenters. The lowest BCUT2D eigenvalue weighted by Gasteiger charge is -2.10. The van der Waals surface area contributed by atoms with Crippen LogP contribution in [-0.2, 0) is 120 Å². The van der Waals surface area contributed by atoms with Crippen LogP contribution in [0, 0.1) is 41.5 Å². The Bertz CT molecular complexity index is 4790. The average Bonchev–Trinajstić information content (AvgIpc) is 3.36. The summed E-state index contributed by atoms with van der Waals surface area (Å²) in [5, 5.41) is 12.0. The molecular weight excluding hydrogens is 1300 g/mol. The Hall–Kier alpha value is -5.65. The quantitative estimate of drug-likeness (QED) is 0.100. The highest BCUT2D eigenvalue weighted by atomic mass is 35.5. The number of imidazole rings is 2. The van der Waals surface area contributed by atoms with E-state index in [1.54, 1.807) is 94.1 Å². The van der Waals surface area contributed by atoms with E-state index in [1.165, 1.54) is 17.8 Å². The molecule has 12 rings (SSSR count). The first-order chi connectivity index (χ1) is 38.7. The van der Waals surface area contributed by atoms with E-state index >= 15 is 0 Å². The maximum atomic E-state index is 6.36. The first-order valence-electron chi connectivity index (χ1n) is 23.0. The van der Waals surface area contributed by atoms with E-state index in [-0.39, 0.29) is 7.43 Å². The van der Waals surface area contributed by atoms with E-state index in [9.17, 15) is 0 Å². The summed E-state index contributed by atoms with van der Waals surface area (Å²) in [4.78, 5) is 36.4. The molecule has 0 amide bonds. The number of halogens is 1. The van der Waals surface area contributed by atoms with Crippen molar-refractivity contribution in [2.75, 3.05) is 25.7 Å². The van der Waals surface area contributed by atoms with Crippen LogP contribution in [0.25, 0.3) is 94.0 Å². The number of para-hydroxylation sites is 4. The zero-order chi connectivity index (χ0) is 56.6. The number of aryl methyl sites for hydroxylation is 6. The van der Waals surface area contributed by atoms with Crippen molar-refractivity contribution in [1.29, 1.82) is 0 Å². The Morgan fingerprint density at radius 1 is 0.556 bits per heavy atom. The Kier molecular flexibility index (Phi) is 21.3. The van der Waals surface area contributed by atoms with E-state index in [1.807, 2.05) is 119 Å². The predicted molar refractivity (Wildman–Crippen MR) is 362 cm³/mol. The lowest BCUT2D eigenvalue weighted by molar-refractivity contribution is 0.393. The molecule has 7 N–H and O–H groups in total. The largest absolute Gasteiger partial charge is 0.496 e. The fourth-order valence-electron chi connectivity index (χ4n) is 8.77. The highest BCUT2D eigenvalue weighted by molar-refractivity contribution is 8.75. The number of nitrogens with zero attached hydrogens (tertiary/aromatic N) is 9. The van der Waals surface area contributed by atoms with Gasteiger partial charge in [0.1, 0.15) is 51.1 Å². The van der Waals surface area contributed by atoms with Gasteiger partial charge in [0.25, 0.3) is 0 Å². The lowest BCUT2D eigenvalue weighted by Crippen LogP contribution is -2.05. The van der Waals surface area contributed by atoms with Crippen molar-refractivity contribution in [2.24, 2.45) is 0 Å². The number of hydrogen-bond donors (Lipinski definition) is 5. The molecule has 12 aromatic rings. The standard InChI is InChI=1S/C24H21N7O2.C17H15ClN4O2.C7H7N3.CH4.S13/c1-11-20(12(2)33-30-11)15-9-17-14(10-19(15)32-4)21-22(28-17)26-13(3)27-23(21)31-18-8-6-5-7-16(18)29-24(31)25;1-7-14(8(2)24-22-7)11-5-12-10(6-13(11)23-4)15-16(18)19-9(3)20-17(15)21-12;8-7-9-5-3-1-2-4-6(5)10-7;;1-3-5-7-9-11-13-12-10-8-6-4-2/h5-10H,1-4H3,(H2,25,29)(H,26,27,28);5-6H,1-4H3,(H,19,20,21);1-4H,(H3,8,9,10);1H4;. The van der Waals surface area contributed by atoms with E-state index in [0.29, 0.717) is 51.6 Å². The summed E-state index contributed by atoms with van der Waals surface area (Å²) < 4.78 is 23.9. The summed E-state index contributed by atoms with van der Waals surface area (Å²) in [6, 6.07) is 23.5. The second kappa shape index (κ2) is 28.1. The van der Waals surface area contributed by atoms with Crippen LogP contribution in [-0.4, -0.2) is 74.0 Å². The SMILES string of the molecule is C.COc1cc2c(cc1-c1c(C)noc1C)[nH]c1nc(C)nc(-n3c(N)nc4ccccc43)c12.COc1cc2c(cc1-c1c(C)noc1C)[nH]c1nc(C)nc(Cl)c12.Nc1nc2ccccc2[nH]1.S=S=S=S=S=S=S=S=S=S=S=S=S. The van der Waals surface area contributed by atoms with Gasteiger partial charge in [-0.05, 0) is 90.1 Å². The highest BCUT2D eigenvalue weighted by Gasteiger charge is 2.24. The molecule has 0 aliphatic heterocycles. The van der Waals surface area contributed by atoms with Gasteiger partial charge < -0.3 is 44.9 Å². The number of anilines is 2. The molecule has 32 heteroatoms. The number of aromatic nitrogens is 12. The number of fused-ring (bicyclic) bond motifs is 8. The number of methoxy groups -OCH3 is 2. The van der Waals surface area contributed by atoms with E-state index < -0.39 is 0 Å². The van der Waals surface area contributed by atoms with E-state index in [0.717, 1.165) is 106 Å². The summed E-state index contributed by atoms with van der Waals surface area (Å²) in [5.74, 6) is 5.65. The van der Waals surface area contributed by atoms with Gasteiger partial charge in [0, 0.05) is 153 Å². The number of aromatic amines is 3. The number of rotatable bonds is 5. The van der Waals surface area contributed by atoms with Crippen molar-refractivity contribution in [3.8, 4) is 39.6 Å². The number of nitrogens with two attached hydrogens (primary N) is 2. The van der Waals surface area contributed by atoms with Gasteiger partial charge in [-0.1, -0.05) is 53.6 Å². The molecule has 0 aliphatic carbocycles. The molecule has 0 atom stereocenters. The third-order valence-electron chi connectivity index (χ3n) is 11.8. The fourth-order valence-corrected chi connectivity index (χ4v) is 33.8. The van der Waals surface area contributed by atoms with Crippen LogP contribution >= 0.6 is 11.6 Å². The van der Waals surface area contributed by atoms with Crippen molar-refractivity contribution in [1.82, 2.24) is 59.7 Å². The maximum absolute atomic E-state index is 6.36. The van der Waals surface area contributed by atoms with Gasteiger partial charge in [0.2, 0.25) is 5.95 Å². The molecule has 81 heavy (non-hydrogen) atoms.